The highest BCUT2D eigenvalue weighted by molar-refractivity contribution is 7.86. The summed E-state index contributed by atoms with van der Waals surface area (Å²) in [4.78, 5) is 13.9. The highest BCUT2D eigenvalue weighted by Gasteiger charge is 2.39. The molecule has 0 bridgehead atoms. The molecule has 1 aromatic rings. The molecule has 1 amide bonds. The fourth-order valence-corrected chi connectivity index (χ4v) is 3.86. The van der Waals surface area contributed by atoms with Crippen molar-refractivity contribution in [2.75, 3.05) is 12.8 Å². The van der Waals surface area contributed by atoms with Crippen LogP contribution in [0.15, 0.2) is 54.1 Å². The molecule has 0 spiro atoms. The van der Waals surface area contributed by atoms with Crippen LogP contribution in [-0.4, -0.2) is 50.3 Å². The summed E-state index contributed by atoms with van der Waals surface area (Å²) in [5.41, 5.74) is 1.01. The molecule has 1 aromatic carbocycles. The number of carbonyl (C=O) groups is 1. The van der Waals surface area contributed by atoms with E-state index in [2.05, 4.69) is 6.08 Å². The molecule has 7 heteroatoms. The third-order valence-corrected chi connectivity index (χ3v) is 5.14. The number of nitrogens with zero attached hydrogens (tertiary/aromatic N) is 1. The summed E-state index contributed by atoms with van der Waals surface area (Å²) in [6.45, 7) is 2.26. The van der Waals surface area contributed by atoms with Crippen molar-refractivity contribution in [3.63, 3.8) is 0 Å². The highest BCUT2D eigenvalue weighted by Crippen LogP contribution is 2.26. The number of hydrogen-bond acceptors (Lipinski definition) is 5. The van der Waals surface area contributed by atoms with Gasteiger partial charge in [-0.3, -0.25) is 8.98 Å². The van der Waals surface area contributed by atoms with Crippen LogP contribution < -0.4 is 4.74 Å². The minimum absolute atomic E-state index is 0.0332. The monoisotopic (exact) mass is 377 g/mol. The third-order valence-electron chi connectivity index (χ3n) is 4.55. The number of carbonyl (C=O) groups excluding carboxylic acids is 1. The molecular formula is C19H23NO5S. The van der Waals surface area contributed by atoms with Gasteiger partial charge in [0.25, 0.3) is 10.1 Å². The van der Waals surface area contributed by atoms with Crippen molar-refractivity contribution < 1.29 is 22.1 Å². The molecule has 1 aliphatic heterocycles. The largest absolute Gasteiger partial charge is 0.486 e. The van der Waals surface area contributed by atoms with Gasteiger partial charge in [0, 0.05) is 13.0 Å². The van der Waals surface area contributed by atoms with Crippen LogP contribution in [0.5, 0.6) is 5.75 Å². The number of likely N-dealkylation sites (tertiary alicyclic amines) is 1. The Kier molecular flexibility index (Phi) is 5.48. The van der Waals surface area contributed by atoms with Gasteiger partial charge in [0.05, 0.1) is 18.7 Å². The zero-order chi connectivity index (χ0) is 18.7. The summed E-state index contributed by atoms with van der Waals surface area (Å²) in [5.74, 6) is 0.728. The number of hydrogen-bond donors (Lipinski definition) is 0. The molecule has 26 heavy (non-hydrogen) atoms. The first-order chi connectivity index (χ1) is 12.3. The van der Waals surface area contributed by atoms with Crippen LogP contribution in [0.1, 0.15) is 19.8 Å². The lowest BCUT2D eigenvalue weighted by Gasteiger charge is -2.26. The van der Waals surface area contributed by atoms with E-state index in [4.69, 9.17) is 8.92 Å². The van der Waals surface area contributed by atoms with Gasteiger partial charge in [0.2, 0.25) is 5.91 Å². The average Bonchev–Trinajstić information content (AvgIpc) is 2.83. The first kappa shape index (κ1) is 18.7. The van der Waals surface area contributed by atoms with E-state index in [9.17, 15) is 13.2 Å². The maximum absolute atomic E-state index is 12.2. The van der Waals surface area contributed by atoms with Gasteiger partial charge in [-0.1, -0.05) is 30.4 Å². The fourth-order valence-electron chi connectivity index (χ4n) is 3.18. The summed E-state index contributed by atoms with van der Waals surface area (Å²) >= 11 is 0. The second-order valence-electron chi connectivity index (χ2n) is 6.65. The van der Waals surface area contributed by atoms with Gasteiger partial charge >= 0.3 is 0 Å². The maximum atomic E-state index is 12.2. The molecule has 1 fully saturated rings. The van der Waals surface area contributed by atoms with Crippen LogP contribution in [0.4, 0.5) is 0 Å². The minimum Gasteiger partial charge on any atom is -0.486 e. The Morgan fingerprint density at radius 1 is 1.23 bits per heavy atom. The molecule has 0 saturated carbocycles. The van der Waals surface area contributed by atoms with E-state index in [-0.39, 0.29) is 24.5 Å². The van der Waals surface area contributed by atoms with Crippen molar-refractivity contribution in [3.8, 4) is 5.75 Å². The van der Waals surface area contributed by atoms with Gasteiger partial charge in [-0.15, -0.1) is 0 Å². The van der Waals surface area contributed by atoms with Crippen LogP contribution in [0, 0.1) is 0 Å². The molecule has 2 unspecified atom stereocenters. The van der Waals surface area contributed by atoms with Crippen molar-refractivity contribution in [1.29, 1.82) is 0 Å². The Bertz CT molecular complexity index is 816. The smallest absolute Gasteiger partial charge is 0.264 e. The molecule has 1 saturated heterocycles. The van der Waals surface area contributed by atoms with Gasteiger partial charge in [0.15, 0.2) is 0 Å². The Morgan fingerprint density at radius 2 is 1.96 bits per heavy atom. The average molecular weight is 377 g/mol. The second-order valence-corrected chi connectivity index (χ2v) is 8.25. The standard InChI is InChI=1S/C19H23NO5S/c1-14-18(25-26(2,22)23)12-19(21)20(14)13-15-8-10-17(11-9-15)24-16-6-4-3-5-7-16/h3-10,14,17-18H,11-13H2,1-2H3/t14-,17?,18?/m0/s1. The number of rotatable bonds is 6. The number of ether oxygens (including phenoxy) is 1. The van der Waals surface area contributed by atoms with Gasteiger partial charge < -0.3 is 9.64 Å². The second kappa shape index (κ2) is 7.63. The first-order valence-corrected chi connectivity index (χ1v) is 10.4. The highest BCUT2D eigenvalue weighted by atomic mass is 32.2. The molecule has 140 valence electrons. The molecule has 1 heterocycles. The molecule has 0 N–H and O–H groups in total. The summed E-state index contributed by atoms with van der Waals surface area (Å²) in [6.07, 6.45) is 7.16. The van der Waals surface area contributed by atoms with E-state index in [1.54, 1.807) is 4.90 Å². The molecule has 1 aliphatic carbocycles. The maximum Gasteiger partial charge on any atom is 0.264 e. The van der Waals surface area contributed by atoms with Crippen LogP contribution in [0.2, 0.25) is 0 Å². The molecule has 0 aromatic heterocycles. The Hall–Kier alpha value is -2.12. The molecule has 3 atom stereocenters. The fraction of sp³-hybridized carbons (Fsp3) is 0.421. The van der Waals surface area contributed by atoms with Gasteiger partial charge in [-0.05, 0) is 30.7 Å². The van der Waals surface area contributed by atoms with E-state index >= 15 is 0 Å². The zero-order valence-electron chi connectivity index (χ0n) is 14.9. The van der Waals surface area contributed by atoms with Crippen LogP contribution in [0.25, 0.3) is 0 Å². The molecule has 6 nitrogen and oxygen atoms in total. The summed E-state index contributed by atoms with van der Waals surface area (Å²) in [5, 5.41) is 0. The summed E-state index contributed by atoms with van der Waals surface area (Å²) in [6, 6.07) is 9.34. The van der Waals surface area contributed by atoms with Crippen molar-refractivity contribution >= 4 is 16.0 Å². The SMILES string of the molecule is C[C@H]1C(OS(C)(=O)=O)CC(=O)N1CC1=CCC(Oc2ccccc2)C=C1. The van der Waals surface area contributed by atoms with E-state index in [0.717, 1.165) is 24.0 Å². The molecule has 3 rings (SSSR count). The summed E-state index contributed by atoms with van der Waals surface area (Å²) in [7, 11) is -3.58. The van der Waals surface area contributed by atoms with Crippen LogP contribution in [0.3, 0.4) is 0 Å². The lowest BCUT2D eigenvalue weighted by atomic mass is 10.0. The van der Waals surface area contributed by atoms with Crippen molar-refractivity contribution in [2.45, 2.75) is 38.0 Å². The third kappa shape index (κ3) is 4.74. The van der Waals surface area contributed by atoms with Crippen molar-refractivity contribution in [3.05, 3.63) is 54.1 Å². The van der Waals surface area contributed by atoms with E-state index in [0.29, 0.717) is 6.54 Å². The Labute approximate surface area is 154 Å². The Balaban J connectivity index is 1.57. The molecular weight excluding hydrogens is 354 g/mol. The van der Waals surface area contributed by atoms with E-state index in [1.165, 1.54) is 0 Å². The molecule has 0 radical (unpaired) electrons. The van der Waals surface area contributed by atoms with E-state index < -0.39 is 16.2 Å². The summed E-state index contributed by atoms with van der Waals surface area (Å²) < 4.78 is 33.6. The van der Waals surface area contributed by atoms with Crippen molar-refractivity contribution in [1.82, 2.24) is 4.90 Å². The first-order valence-electron chi connectivity index (χ1n) is 8.58. The zero-order valence-corrected chi connectivity index (χ0v) is 15.7. The minimum atomic E-state index is -3.58. The predicted molar refractivity (Wildman–Crippen MR) is 98.2 cm³/mol. The topological polar surface area (TPSA) is 72.9 Å². The van der Waals surface area contributed by atoms with Crippen LogP contribution in [-0.2, 0) is 19.1 Å². The number of para-hydroxylation sites is 1. The normalized spacial score (nSPS) is 26.1. The lowest BCUT2D eigenvalue weighted by Crippen LogP contribution is -2.37. The van der Waals surface area contributed by atoms with E-state index in [1.807, 2.05) is 49.4 Å². The van der Waals surface area contributed by atoms with Gasteiger partial charge in [-0.25, -0.2) is 0 Å². The van der Waals surface area contributed by atoms with Crippen LogP contribution >= 0.6 is 0 Å². The van der Waals surface area contributed by atoms with Crippen molar-refractivity contribution in [2.24, 2.45) is 0 Å². The van der Waals surface area contributed by atoms with Gasteiger partial charge in [0.1, 0.15) is 18.0 Å². The van der Waals surface area contributed by atoms with Gasteiger partial charge in [-0.2, -0.15) is 8.42 Å². The molecule has 2 aliphatic rings. The lowest BCUT2D eigenvalue weighted by molar-refractivity contribution is -0.128. The quantitative estimate of drug-likeness (QED) is 0.711. The number of amides is 1. The Morgan fingerprint density at radius 3 is 2.58 bits per heavy atom. The predicted octanol–water partition coefficient (Wildman–Crippen LogP) is 2.29. The number of benzene rings is 1.